The second-order valence-corrected chi connectivity index (χ2v) is 4.08. The van der Waals surface area contributed by atoms with Crippen LogP contribution in [0.4, 0.5) is 20.2 Å². The van der Waals surface area contributed by atoms with Crippen molar-refractivity contribution in [3.63, 3.8) is 0 Å². The molecule has 0 spiro atoms. The Hall–Kier alpha value is -2.50. The minimum atomic E-state index is -0.918. The highest BCUT2D eigenvalue weighted by Crippen LogP contribution is 2.31. The molecule has 2 aromatic carbocycles. The number of halogens is 2. The van der Waals surface area contributed by atoms with Crippen molar-refractivity contribution in [1.82, 2.24) is 0 Å². The number of anilines is 1. The molecule has 0 aromatic heterocycles. The van der Waals surface area contributed by atoms with Gasteiger partial charge in [-0.1, -0.05) is 12.1 Å². The summed E-state index contributed by atoms with van der Waals surface area (Å²) in [7, 11) is 0. The van der Waals surface area contributed by atoms with E-state index in [1.165, 1.54) is 24.3 Å². The van der Waals surface area contributed by atoms with Gasteiger partial charge in [-0.3, -0.25) is 10.1 Å². The van der Waals surface area contributed by atoms with Gasteiger partial charge in [0.1, 0.15) is 11.5 Å². The number of nitrogen functional groups attached to an aromatic ring is 1. The summed E-state index contributed by atoms with van der Waals surface area (Å²) >= 11 is 0. The van der Waals surface area contributed by atoms with E-state index in [9.17, 15) is 18.9 Å². The fourth-order valence-corrected chi connectivity index (χ4v) is 1.77. The Morgan fingerprint density at radius 1 is 1.21 bits per heavy atom. The molecule has 2 aromatic rings. The molecule has 19 heavy (non-hydrogen) atoms. The van der Waals surface area contributed by atoms with Crippen molar-refractivity contribution in [2.24, 2.45) is 0 Å². The van der Waals surface area contributed by atoms with Gasteiger partial charge in [0.05, 0.1) is 4.92 Å². The van der Waals surface area contributed by atoms with Crippen LogP contribution in [0.1, 0.15) is 5.56 Å². The van der Waals surface area contributed by atoms with E-state index in [1.54, 1.807) is 6.92 Å². The van der Waals surface area contributed by atoms with E-state index in [4.69, 9.17) is 5.73 Å². The van der Waals surface area contributed by atoms with Gasteiger partial charge in [-0.25, -0.2) is 8.78 Å². The molecule has 0 saturated carbocycles. The van der Waals surface area contributed by atoms with Crippen LogP contribution < -0.4 is 5.73 Å². The molecular formula is C13H10F2N2O2. The van der Waals surface area contributed by atoms with Crippen molar-refractivity contribution in [1.29, 1.82) is 0 Å². The second-order valence-electron chi connectivity index (χ2n) is 4.08. The molecule has 6 heteroatoms. The average Bonchev–Trinajstić information content (AvgIpc) is 2.37. The van der Waals surface area contributed by atoms with Gasteiger partial charge in [-0.05, 0) is 24.6 Å². The number of nitro benzene ring substituents is 1. The fraction of sp³-hybridized carbons (Fsp3) is 0.0769. The second kappa shape index (κ2) is 4.64. The zero-order chi connectivity index (χ0) is 14.2. The molecule has 2 N–H and O–H groups in total. The molecule has 0 atom stereocenters. The molecule has 0 aliphatic heterocycles. The zero-order valence-corrected chi connectivity index (χ0v) is 9.98. The predicted molar refractivity (Wildman–Crippen MR) is 67.6 cm³/mol. The summed E-state index contributed by atoms with van der Waals surface area (Å²) in [6.45, 7) is 1.58. The van der Waals surface area contributed by atoms with Crippen LogP contribution in [0.25, 0.3) is 11.1 Å². The molecule has 0 heterocycles. The lowest BCUT2D eigenvalue weighted by molar-refractivity contribution is -0.385. The molecule has 0 radical (unpaired) electrons. The van der Waals surface area contributed by atoms with Gasteiger partial charge in [-0.15, -0.1) is 0 Å². The summed E-state index contributed by atoms with van der Waals surface area (Å²) in [5.41, 5.74) is 5.31. The first-order valence-electron chi connectivity index (χ1n) is 5.40. The highest BCUT2D eigenvalue weighted by atomic mass is 19.1. The molecule has 0 unspecified atom stereocenters. The minimum absolute atomic E-state index is 0.0296. The number of nitrogens with zero attached hydrogens (tertiary/aromatic N) is 1. The SMILES string of the molecule is Cc1ccc(-c2ccc(F)c(N)c2F)cc1[N+](=O)[O-]. The summed E-state index contributed by atoms with van der Waals surface area (Å²) in [6.07, 6.45) is 0. The predicted octanol–water partition coefficient (Wildman–Crippen LogP) is 3.43. The van der Waals surface area contributed by atoms with Crippen LogP contribution in [0.2, 0.25) is 0 Å². The minimum Gasteiger partial charge on any atom is -0.394 e. The molecular weight excluding hydrogens is 254 g/mol. The molecule has 0 aliphatic carbocycles. The van der Waals surface area contributed by atoms with Gasteiger partial charge in [0.25, 0.3) is 5.69 Å². The normalized spacial score (nSPS) is 10.5. The molecule has 98 valence electrons. The first kappa shape index (κ1) is 12.9. The van der Waals surface area contributed by atoms with E-state index in [0.29, 0.717) is 5.56 Å². The van der Waals surface area contributed by atoms with E-state index < -0.39 is 22.2 Å². The highest BCUT2D eigenvalue weighted by molar-refractivity contribution is 5.71. The Morgan fingerprint density at radius 3 is 2.53 bits per heavy atom. The first-order valence-corrected chi connectivity index (χ1v) is 5.40. The molecule has 0 aliphatic rings. The average molecular weight is 264 g/mol. The maximum atomic E-state index is 13.8. The molecule has 2 rings (SSSR count). The van der Waals surface area contributed by atoms with Crippen LogP contribution >= 0.6 is 0 Å². The fourth-order valence-electron chi connectivity index (χ4n) is 1.77. The van der Waals surface area contributed by atoms with Crippen molar-refractivity contribution < 1.29 is 13.7 Å². The van der Waals surface area contributed by atoms with E-state index in [-0.39, 0.29) is 16.8 Å². The highest BCUT2D eigenvalue weighted by Gasteiger charge is 2.16. The van der Waals surface area contributed by atoms with Crippen LogP contribution in [-0.4, -0.2) is 4.92 Å². The Labute approximate surface area is 107 Å². The van der Waals surface area contributed by atoms with E-state index in [1.807, 2.05) is 0 Å². The summed E-state index contributed by atoms with van der Waals surface area (Å²) in [5.74, 6) is -1.78. The van der Waals surface area contributed by atoms with Crippen LogP contribution in [0.5, 0.6) is 0 Å². The third-order valence-electron chi connectivity index (χ3n) is 2.84. The van der Waals surface area contributed by atoms with Gasteiger partial charge in [0, 0.05) is 17.2 Å². The number of rotatable bonds is 2. The number of hydrogen-bond acceptors (Lipinski definition) is 3. The Balaban J connectivity index is 2.63. The Kier molecular flexibility index (Phi) is 3.16. The largest absolute Gasteiger partial charge is 0.394 e. The van der Waals surface area contributed by atoms with Crippen molar-refractivity contribution >= 4 is 11.4 Å². The number of nitrogens with two attached hydrogens (primary N) is 1. The zero-order valence-electron chi connectivity index (χ0n) is 9.98. The smallest absolute Gasteiger partial charge is 0.272 e. The lowest BCUT2D eigenvalue weighted by atomic mass is 10.0. The Bertz CT molecular complexity index is 672. The van der Waals surface area contributed by atoms with E-state index in [2.05, 4.69) is 0 Å². The van der Waals surface area contributed by atoms with Gasteiger partial charge >= 0.3 is 0 Å². The van der Waals surface area contributed by atoms with Crippen LogP contribution in [0.15, 0.2) is 30.3 Å². The molecule has 0 bridgehead atoms. The van der Waals surface area contributed by atoms with Crippen LogP contribution in [0.3, 0.4) is 0 Å². The Morgan fingerprint density at radius 2 is 1.89 bits per heavy atom. The standard InChI is InChI=1S/C13H10F2N2O2/c1-7-2-3-8(6-11(7)17(18)19)9-4-5-10(14)13(16)12(9)15/h2-6H,16H2,1H3. The third-order valence-corrected chi connectivity index (χ3v) is 2.84. The number of nitro groups is 1. The van der Waals surface area contributed by atoms with Crippen molar-refractivity contribution in [2.75, 3.05) is 5.73 Å². The summed E-state index contributed by atoms with van der Waals surface area (Å²) < 4.78 is 26.9. The first-order chi connectivity index (χ1) is 8.91. The van der Waals surface area contributed by atoms with E-state index in [0.717, 1.165) is 6.07 Å². The van der Waals surface area contributed by atoms with Crippen molar-refractivity contribution in [2.45, 2.75) is 6.92 Å². The monoisotopic (exact) mass is 264 g/mol. The maximum Gasteiger partial charge on any atom is 0.272 e. The molecule has 0 amide bonds. The van der Waals surface area contributed by atoms with Crippen molar-refractivity contribution in [3.8, 4) is 11.1 Å². The quantitative estimate of drug-likeness (QED) is 0.513. The van der Waals surface area contributed by atoms with Gasteiger partial charge < -0.3 is 5.73 Å². The number of hydrogen-bond donors (Lipinski definition) is 1. The lowest BCUT2D eigenvalue weighted by Crippen LogP contribution is -1.98. The molecule has 0 saturated heterocycles. The third kappa shape index (κ3) is 2.24. The summed E-state index contributed by atoms with van der Waals surface area (Å²) in [4.78, 5) is 10.3. The molecule has 4 nitrogen and oxygen atoms in total. The summed E-state index contributed by atoms with van der Waals surface area (Å²) in [6, 6.07) is 6.50. The topological polar surface area (TPSA) is 69.2 Å². The lowest BCUT2D eigenvalue weighted by Gasteiger charge is -2.07. The van der Waals surface area contributed by atoms with Crippen LogP contribution in [0, 0.1) is 28.7 Å². The van der Waals surface area contributed by atoms with Gasteiger partial charge in [0.15, 0.2) is 5.82 Å². The van der Waals surface area contributed by atoms with Gasteiger partial charge in [0.2, 0.25) is 0 Å². The van der Waals surface area contributed by atoms with Crippen molar-refractivity contribution in [3.05, 3.63) is 57.6 Å². The van der Waals surface area contributed by atoms with Gasteiger partial charge in [-0.2, -0.15) is 0 Å². The maximum absolute atomic E-state index is 13.8. The van der Waals surface area contributed by atoms with Crippen LogP contribution in [-0.2, 0) is 0 Å². The molecule has 0 fully saturated rings. The number of aryl methyl sites for hydroxylation is 1. The number of benzene rings is 2. The summed E-state index contributed by atoms with van der Waals surface area (Å²) in [5, 5.41) is 10.8. The van der Waals surface area contributed by atoms with E-state index >= 15 is 0 Å².